The molecule has 7 nitrogen and oxygen atoms in total. The summed E-state index contributed by atoms with van der Waals surface area (Å²) in [7, 11) is 0. The quantitative estimate of drug-likeness (QED) is 0.453. The van der Waals surface area contributed by atoms with E-state index >= 15 is 0 Å². The van der Waals surface area contributed by atoms with Crippen LogP contribution in [0.3, 0.4) is 0 Å². The predicted molar refractivity (Wildman–Crippen MR) is 123 cm³/mol. The smallest absolute Gasteiger partial charge is 0.258 e. The first kappa shape index (κ1) is 20.4. The number of hydrogen-bond acceptors (Lipinski definition) is 5. The zero-order chi connectivity index (χ0) is 21.9. The van der Waals surface area contributed by atoms with Crippen LogP contribution in [-0.4, -0.2) is 43.6 Å². The summed E-state index contributed by atoms with van der Waals surface area (Å²) in [5, 5.41) is 4.15. The molecule has 1 aliphatic rings. The van der Waals surface area contributed by atoms with Crippen molar-refractivity contribution in [2.45, 2.75) is 45.6 Å². The van der Waals surface area contributed by atoms with Crippen molar-refractivity contribution < 1.29 is 9.32 Å². The summed E-state index contributed by atoms with van der Waals surface area (Å²) >= 11 is 0. The number of imidazole rings is 1. The number of hydrogen-bond donors (Lipinski definition) is 0. The first-order valence-corrected chi connectivity index (χ1v) is 11.3. The maximum Gasteiger partial charge on any atom is 0.258 e. The number of carbonyl (C=O) groups is 1. The molecule has 164 valence electrons. The van der Waals surface area contributed by atoms with Crippen LogP contribution >= 0.6 is 0 Å². The Bertz CT molecular complexity index is 1230. The molecule has 0 aliphatic carbocycles. The Kier molecular flexibility index (Phi) is 5.71. The van der Waals surface area contributed by atoms with E-state index in [0.29, 0.717) is 24.7 Å². The number of aryl methyl sites for hydroxylation is 2. The van der Waals surface area contributed by atoms with E-state index in [-0.39, 0.29) is 5.91 Å². The third-order valence-corrected chi connectivity index (χ3v) is 6.10. The Morgan fingerprint density at radius 1 is 1.03 bits per heavy atom. The van der Waals surface area contributed by atoms with Crippen molar-refractivity contribution >= 4 is 16.9 Å². The molecule has 32 heavy (non-hydrogen) atoms. The Labute approximate surface area is 187 Å². The molecule has 0 saturated carbocycles. The van der Waals surface area contributed by atoms with Gasteiger partial charge in [-0.25, -0.2) is 4.98 Å². The van der Waals surface area contributed by atoms with Crippen molar-refractivity contribution in [1.82, 2.24) is 24.6 Å². The molecule has 2 aromatic carbocycles. The minimum absolute atomic E-state index is 0.237. The molecule has 5 rings (SSSR count). The van der Waals surface area contributed by atoms with Crippen molar-refractivity contribution in [2.24, 2.45) is 0 Å². The molecule has 1 aliphatic heterocycles. The van der Waals surface area contributed by atoms with Crippen molar-refractivity contribution in [1.29, 1.82) is 0 Å². The summed E-state index contributed by atoms with van der Waals surface area (Å²) in [6.45, 7) is 4.45. The Balaban J connectivity index is 1.30. The summed E-state index contributed by atoms with van der Waals surface area (Å²) in [5.74, 6) is 1.27. The lowest BCUT2D eigenvalue weighted by molar-refractivity contribution is -0.131. The van der Waals surface area contributed by atoms with Gasteiger partial charge in [-0.05, 0) is 50.1 Å². The first-order valence-electron chi connectivity index (χ1n) is 11.3. The topological polar surface area (TPSA) is 77.1 Å². The highest BCUT2D eigenvalue weighted by Gasteiger charge is 2.16. The summed E-state index contributed by atoms with van der Waals surface area (Å²) in [6, 6.07) is 13.9. The number of nitrogens with zero attached hydrogens (tertiary/aromatic N) is 5. The van der Waals surface area contributed by atoms with Crippen LogP contribution in [0.5, 0.6) is 0 Å². The second kappa shape index (κ2) is 8.94. The van der Waals surface area contributed by atoms with Gasteiger partial charge in [0.1, 0.15) is 0 Å². The lowest BCUT2D eigenvalue weighted by Gasteiger charge is -2.20. The number of carbonyl (C=O) groups excluding carboxylic acids is 1. The predicted octanol–water partition coefficient (Wildman–Crippen LogP) is 4.85. The molecule has 7 heteroatoms. The standard InChI is InChI=1S/C25H27N5O2/c1-18-7-6-8-20(15-18)25-27-24(28-32-25)19-9-10-22-21(16-19)26-17-30(22)14-11-23(31)29-12-4-2-3-5-13-29/h6-10,15-17H,2-5,11-14H2,1H3. The van der Waals surface area contributed by atoms with Gasteiger partial charge in [-0.15, -0.1) is 0 Å². The molecule has 0 spiro atoms. The number of rotatable bonds is 5. The summed E-state index contributed by atoms with van der Waals surface area (Å²) < 4.78 is 7.52. The van der Waals surface area contributed by atoms with Gasteiger partial charge in [0.15, 0.2) is 0 Å². The highest BCUT2D eigenvalue weighted by molar-refractivity contribution is 5.81. The van der Waals surface area contributed by atoms with Gasteiger partial charge in [0.05, 0.1) is 17.4 Å². The van der Waals surface area contributed by atoms with Crippen molar-refractivity contribution in [2.75, 3.05) is 13.1 Å². The second-order valence-electron chi connectivity index (χ2n) is 8.48. The van der Waals surface area contributed by atoms with Crippen molar-refractivity contribution in [3.63, 3.8) is 0 Å². The summed E-state index contributed by atoms with van der Waals surface area (Å²) in [6.07, 6.45) is 6.99. The fourth-order valence-corrected chi connectivity index (χ4v) is 4.31. The Morgan fingerprint density at radius 2 is 1.88 bits per heavy atom. The molecule has 0 unspecified atom stereocenters. The number of fused-ring (bicyclic) bond motifs is 1. The molecule has 1 amide bonds. The van der Waals surface area contributed by atoms with Crippen LogP contribution in [0.1, 0.15) is 37.7 Å². The molecule has 4 aromatic rings. The van der Waals surface area contributed by atoms with E-state index < -0.39 is 0 Å². The average Bonchev–Trinajstić information content (AvgIpc) is 3.36. The van der Waals surface area contributed by atoms with Gasteiger partial charge in [0.2, 0.25) is 11.7 Å². The van der Waals surface area contributed by atoms with E-state index in [1.807, 2.05) is 58.9 Å². The van der Waals surface area contributed by atoms with Gasteiger partial charge in [-0.3, -0.25) is 4.79 Å². The fraction of sp³-hybridized carbons (Fsp3) is 0.360. The maximum absolute atomic E-state index is 12.6. The lowest BCUT2D eigenvalue weighted by atomic mass is 10.1. The molecule has 3 heterocycles. The van der Waals surface area contributed by atoms with E-state index in [0.717, 1.165) is 53.7 Å². The van der Waals surface area contributed by atoms with E-state index in [2.05, 4.69) is 15.1 Å². The number of benzene rings is 2. The second-order valence-corrected chi connectivity index (χ2v) is 8.48. The molecule has 2 aromatic heterocycles. The third-order valence-electron chi connectivity index (χ3n) is 6.10. The Morgan fingerprint density at radius 3 is 2.69 bits per heavy atom. The van der Waals surface area contributed by atoms with Crippen molar-refractivity contribution in [3.05, 3.63) is 54.4 Å². The third kappa shape index (κ3) is 4.28. The van der Waals surface area contributed by atoms with Crippen LogP contribution in [0.15, 0.2) is 53.3 Å². The van der Waals surface area contributed by atoms with Gasteiger partial charge >= 0.3 is 0 Å². The number of amides is 1. The molecule has 0 bridgehead atoms. The van der Waals surface area contributed by atoms with E-state index in [4.69, 9.17) is 4.52 Å². The van der Waals surface area contributed by atoms with Crippen LogP contribution in [0.4, 0.5) is 0 Å². The molecule has 0 radical (unpaired) electrons. The molecular weight excluding hydrogens is 402 g/mol. The zero-order valence-electron chi connectivity index (χ0n) is 18.3. The van der Waals surface area contributed by atoms with Crippen LogP contribution in [0.2, 0.25) is 0 Å². The first-order chi connectivity index (χ1) is 15.7. The van der Waals surface area contributed by atoms with E-state index in [9.17, 15) is 4.79 Å². The number of aromatic nitrogens is 4. The molecular formula is C25H27N5O2. The minimum atomic E-state index is 0.237. The molecule has 1 saturated heterocycles. The number of likely N-dealkylation sites (tertiary alicyclic amines) is 1. The van der Waals surface area contributed by atoms with Gasteiger partial charge in [-0.1, -0.05) is 35.7 Å². The van der Waals surface area contributed by atoms with Crippen LogP contribution in [-0.2, 0) is 11.3 Å². The highest BCUT2D eigenvalue weighted by Crippen LogP contribution is 2.25. The van der Waals surface area contributed by atoms with Gasteiger partial charge in [0.25, 0.3) is 5.89 Å². The van der Waals surface area contributed by atoms with Crippen molar-refractivity contribution in [3.8, 4) is 22.8 Å². The minimum Gasteiger partial charge on any atom is -0.343 e. The monoisotopic (exact) mass is 429 g/mol. The maximum atomic E-state index is 12.6. The normalized spacial score (nSPS) is 14.6. The largest absolute Gasteiger partial charge is 0.343 e. The molecule has 0 atom stereocenters. The fourth-order valence-electron chi connectivity index (χ4n) is 4.31. The zero-order valence-corrected chi connectivity index (χ0v) is 18.3. The average molecular weight is 430 g/mol. The summed E-state index contributed by atoms with van der Waals surface area (Å²) in [4.78, 5) is 23.7. The Hall–Kier alpha value is -3.48. The van der Waals surface area contributed by atoms with Gasteiger partial charge < -0.3 is 14.0 Å². The van der Waals surface area contributed by atoms with Gasteiger partial charge in [-0.2, -0.15) is 4.98 Å². The van der Waals surface area contributed by atoms with Gasteiger partial charge in [0, 0.05) is 37.2 Å². The van der Waals surface area contributed by atoms with E-state index in [1.165, 1.54) is 12.8 Å². The lowest BCUT2D eigenvalue weighted by Crippen LogP contribution is -2.32. The van der Waals surface area contributed by atoms with Crippen LogP contribution in [0, 0.1) is 6.92 Å². The summed E-state index contributed by atoms with van der Waals surface area (Å²) in [5.41, 5.74) is 4.75. The van der Waals surface area contributed by atoms with E-state index in [1.54, 1.807) is 6.33 Å². The van der Waals surface area contributed by atoms with Crippen LogP contribution < -0.4 is 0 Å². The SMILES string of the molecule is Cc1cccc(-c2nc(-c3ccc4c(c3)ncn4CCC(=O)N3CCCCCC3)no2)c1. The molecule has 1 fully saturated rings. The van der Waals surface area contributed by atoms with Crippen LogP contribution in [0.25, 0.3) is 33.9 Å². The molecule has 0 N–H and O–H groups in total. The highest BCUT2D eigenvalue weighted by atomic mass is 16.5.